The normalized spacial score (nSPS) is 9.39. The fraction of sp³-hybridized carbons (Fsp3) is 0.0769. The number of amidine groups is 1. The lowest BCUT2D eigenvalue weighted by Crippen LogP contribution is -2.13. The molecule has 0 saturated heterocycles. The van der Waals surface area contributed by atoms with Gasteiger partial charge in [0.15, 0.2) is 0 Å². The van der Waals surface area contributed by atoms with E-state index in [9.17, 15) is 0 Å². The SMILES string of the molecule is COc1cccc(-c2cccc(C(=N)N)n2)c1.Cl. The van der Waals surface area contributed by atoms with Gasteiger partial charge in [0.25, 0.3) is 0 Å². The summed E-state index contributed by atoms with van der Waals surface area (Å²) in [6.07, 6.45) is 0. The predicted octanol–water partition coefficient (Wildman–Crippen LogP) is 2.46. The highest BCUT2D eigenvalue weighted by atomic mass is 35.5. The van der Waals surface area contributed by atoms with Crippen molar-refractivity contribution in [2.75, 3.05) is 7.11 Å². The topological polar surface area (TPSA) is 72.0 Å². The number of nitrogens with zero attached hydrogens (tertiary/aromatic N) is 1. The number of rotatable bonds is 3. The molecule has 0 radical (unpaired) electrons. The number of benzene rings is 1. The summed E-state index contributed by atoms with van der Waals surface area (Å²) in [4.78, 5) is 4.31. The van der Waals surface area contributed by atoms with Crippen molar-refractivity contribution in [1.82, 2.24) is 4.98 Å². The van der Waals surface area contributed by atoms with E-state index in [4.69, 9.17) is 15.9 Å². The molecular weight excluding hydrogens is 250 g/mol. The van der Waals surface area contributed by atoms with Crippen molar-refractivity contribution in [2.24, 2.45) is 5.73 Å². The number of halogens is 1. The number of hydrogen-bond acceptors (Lipinski definition) is 3. The van der Waals surface area contributed by atoms with Crippen LogP contribution in [0.5, 0.6) is 5.75 Å². The van der Waals surface area contributed by atoms with Gasteiger partial charge in [0.2, 0.25) is 0 Å². The second-order valence-electron chi connectivity index (χ2n) is 3.55. The smallest absolute Gasteiger partial charge is 0.141 e. The molecule has 0 aliphatic carbocycles. The highest BCUT2D eigenvalue weighted by Gasteiger charge is 2.03. The van der Waals surface area contributed by atoms with Gasteiger partial charge in [-0.25, -0.2) is 4.98 Å². The number of ether oxygens (including phenoxy) is 1. The van der Waals surface area contributed by atoms with Crippen molar-refractivity contribution in [1.29, 1.82) is 5.41 Å². The lowest BCUT2D eigenvalue weighted by molar-refractivity contribution is 0.415. The minimum atomic E-state index is -0.0326. The Morgan fingerprint density at radius 3 is 2.61 bits per heavy atom. The zero-order valence-electron chi connectivity index (χ0n) is 9.88. The van der Waals surface area contributed by atoms with E-state index < -0.39 is 0 Å². The Morgan fingerprint density at radius 1 is 1.22 bits per heavy atom. The molecule has 5 heteroatoms. The highest BCUT2D eigenvalue weighted by Crippen LogP contribution is 2.22. The first-order valence-electron chi connectivity index (χ1n) is 5.16. The first-order valence-corrected chi connectivity index (χ1v) is 5.16. The molecule has 18 heavy (non-hydrogen) atoms. The van der Waals surface area contributed by atoms with Crippen LogP contribution >= 0.6 is 12.4 Å². The minimum absolute atomic E-state index is 0. The maximum atomic E-state index is 7.36. The van der Waals surface area contributed by atoms with Gasteiger partial charge >= 0.3 is 0 Å². The molecule has 1 aromatic carbocycles. The number of hydrogen-bond donors (Lipinski definition) is 2. The lowest BCUT2D eigenvalue weighted by atomic mass is 10.1. The third-order valence-electron chi connectivity index (χ3n) is 2.39. The molecule has 2 aromatic rings. The van der Waals surface area contributed by atoms with Crippen molar-refractivity contribution in [2.45, 2.75) is 0 Å². The Bertz CT molecular complexity index is 557. The van der Waals surface area contributed by atoms with Crippen LogP contribution < -0.4 is 10.5 Å². The van der Waals surface area contributed by atoms with E-state index in [-0.39, 0.29) is 18.2 Å². The van der Waals surface area contributed by atoms with Crippen LogP contribution in [0.2, 0.25) is 0 Å². The average molecular weight is 264 g/mol. The van der Waals surface area contributed by atoms with Crippen molar-refractivity contribution in [3.63, 3.8) is 0 Å². The van der Waals surface area contributed by atoms with Crippen molar-refractivity contribution < 1.29 is 4.74 Å². The van der Waals surface area contributed by atoms with Gasteiger partial charge in [-0.2, -0.15) is 0 Å². The number of nitrogens with one attached hydrogen (secondary N) is 1. The molecule has 4 nitrogen and oxygen atoms in total. The van der Waals surface area contributed by atoms with Crippen LogP contribution in [0, 0.1) is 5.41 Å². The van der Waals surface area contributed by atoms with E-state index >= 15 is 0 Å². The Labute approximate surface area is 112 Å². The molecule has 0 unspecified atom stereocenters. The van der Waals surface area contributed by atoms with Crippen molar-refractivity contribution >= 4 is 18.2 Å². The summed E-state index contributed by atoms with van der Waals surface area (Å²) in [5.41, 5.74) is 7.60. The highest BCUT2D eigenvalue weighted by molar-refractivity contribution is 5.93. The molecule has 0 spiro atoms. The minimum Gasteiger partial charge on any atom is -0.497 e. The van der Waals surface area contributed by atoms with Crippen LogP contribution in [0.3, 0.4) is 0 Å². The first-order chi connectivity index (χ1) is 8.20. The second-order valence-corrected chi connectivity index (χ2v) is 3.55. The molecular formula is C13H14ClN3O. The molecule has 0 fully saturated rings. The zero-order valence-corrected chi connectivity index (χ0v) is 10.7. The molecule has 94 valence electrons. The molecule has 0 amide bonds. The number of aromatic nitrogens is 1. The molecule has 0 atom stereocenters. The lowest BCUT2D eigenvalue weighted by Gasteiger charge is -2.05. The van der Waals surface area contributed by atoms with E-state index in [0.717, 1.165) is 17.0 Å². The number of nitrogen functional groups attached to an aromatic ring is 1. The van der Waals surface area contributed by atoms with Crippen LogP contribution in [0.4, 0.5) is 0 Å². The summed E-state index contributed by atoms with van der Waals surface area (Å²) in [7, 11) is 1.62. The molecule has 0 bridgehead atoms. The van der Waals surface area contributed by atoms with E-state index in [1.807, 2.05) is 36.4 Å². The molecule has 3 N–H and O–H groups in total. The fourth-order valence-electron chi connectivity index (χ4n) is 1.53. The van der Waals surface area contributed by atoms with Gasteiger partial charge in [-0.3, -0.25) is 5.41 Å². The van der Waals surface area contributed by atoms with E-state index in [1.54, 1.807) is 13.2 Å². The maximum absolute atomic E-state index is 7.36. The summed E-state index contributed by atoms with van der Waals surface area (Å²) in [6.45, 7) is 0. The van der Waals surface area contributed by atoms with Crippen LogP contribution in [0.25, 0.3) is 11.3 Å². The molecule has 0 aliphatic heterocycles. The standard InChI is InChI=1S/C13H13N3O.ClH/c1-17-10-5-2-4-9(8-10)11-6-3-7-12(16-11)13(14)15;/h2-8H,1H3,(H3,14,15);1H. The third kappa shape index (κ3) is 2.99. The van der Waals surface area contributed by atoms with Crippen LogP contribution in [-0.2, 0) is 0 Å². The summed E-state index contributed by atoms with van der Waals surface area (Å²) < 4.78 is 5.16. The van der Waals surface area contributed by atoms with Gasteiger partial charge in [0.05, 0.1) is 12.8 Å². The first kappa shape index (κ1) is 14.0. The summed E-state index contributed by atoms with van der Waals surface area (Å²) in [5.74, 6) is 0.743. The van der Waals surface area contributed by atoms with Crippen molar-refractivity contribution in [3.8, 4) is 17.0 Å². The molecule has 1 aromatic heterocycles. The van der Waals surface area contributed by atoms with Crippen LogP contribution in [0.1, 0.15) is 5.69 Å². The largest absolute Gasteiger partial charge is 0.497 e. The fourth-order valence-corrected chi connectivity index (χ4v) is 1.53. The van der Waals surface area contributed by atoms with Gasteiger partial charge in [-0.15, -0.1) is 12.4 Å². The monoisotopic (exact) mass is 263 g/mol. The molecule has 0 saturated carbocycles. The molecule has 1 heterocycles. The Kier molecular flexibility index (Phi) is 4.68. The van der Waals surface area contributed by atoms with Crippen LogP contribution in [-0.4, -0.2) is 17.9 Å². The van der Waals surface area contributed by atoms with Crippen molar-refractivity contribution in [3.05, 3.63) is 48.2 Å². The van der Waals surface area contributed by atoms with Gasteiger partial charge in [-0.1, -0.05) is 18.2 Å². The second kappa shape index (κ2) is 6.02. The summed E-state index contributed by atoms with van der Waals surface area (Å²) in [5, 5.41) is 7.36. The average Bonchev–Trinajstić information content (AvgIpc) is 2.39. The van der Waals surface area contributed by atoms with Gasteiger partial charge in [0.1, 0.15) is 17.3 Å². The maximum Gasteiger partial charge on any atom is 0.141 e. The van der Waals surface area contributed by atoms with E-state index in [1.165, 1.54) is 0 Å². The Morgan fingerprint density at radius 2 is 1.94 bits per heavy atom. The number of nitrogens with two attached hydrogens (primary N) is 1. The summed E-state index contributed by atoms with van der Waals surface area (Å²) >= 11 is 0. The third-order valence-corrected chi connectivity index (χ3v) is 2.39. The summed E-state index contributed by atoms with van der Waals surface area (Å²) in [6, 6.07) is 13.0. The quantitative estimate of drug-likeness (QED) is 0.660. The Hall–Kier alpha value is -2.07. The van der Waals surface area contributed by atoms with Gasteiger partial charge < -0.3 is 10.5 Å². The van der Waals surface area contributed by atoms with E-state index in [0.29, 0.717) is 5.69 Å². The van der Waals surface area contributed by atoms with Gasteiger partial charge in [-0.05, 0) is 24.3 Å². The Balaban J connectivity index is 0.00000162. The number of pyridine rings is 1. The predicted molar refractivity (Wildman–Crippen MR) is 74.5 cm³/mol. The molecule has 0 aliphatic rings. The number of methoxy groups -OCH3 is 1. The van der Waals surface area contributed by atoms with Crippen LogP contribution in [0.15, 0.2) is 42.5 Å². The zero-order chi connectivity index (χ0) is 12.3. The molecule has 2 rings (SSSR count). The van der Waals surface area contributed by atoms with Gasteiger partial charge in [0, 0.05) is 5.56 Å². The van der Waals surface area contributed by atoms with E-state index in [2.05, 4.69) is 4.98 Å².